The fourth-order valence-corrected chi connectivity index (χ4v) is 2.72. The van der Waals surface area contributed by atoms with Crippen molar-refractivity contribution in [3.05, 3.63) is 34.9 Å². The number of carbonyl (C=O) groups is 1. The van der Waals surface area contributed by atoms with Crippen molar-refractivity contribution in [2.75, 3.05) is 6.26 Å². The number of carbonyl (C=O) groups excluding carboxylic acids is 1. The Morgan fingerprint density at radius 2 is 2.20 bits per heavy atom. The van der Waals surface area contributed by atoms with Crippen molar-refractivity contribution in [2.24, 2.45) is 11.0 Å². The highest BCUT2D eigenvalue weighted by Gasteiger charge is 2.17. The van der Waals surface area contributed by atoms with Crippen molar-refractivity contribution in [1.82, 2.24) is 5.43 Å². The Balaban J connectivity index is 2.20. The molecular weight excluding hydrogens is 296 g/mol. The first kappa shape index (κ1) is 14.9. The second-order valence-electron chi connectivity index (χ2n) is 4.65. The highest BCUT2D eigenvalue weighted by molar-refractivity contribution is 7.84. The molecule has 1 aromatic carbocycles. The minimum atomic E-state index is -1.05. The number of nitrogens with zero attached hydrogens (tertiary/aromatic N) is 1. The molecule has 106 valence electrons. The van der Waals surface area contributed by atoms with E-state index in [1.807, 2.05) is 25.1 Å². The Labute approximate surface area is 125 Å². The van der Waals surface area contributed by atoms with Crippen LogP contribution in [0.4, 0.5) is 0 Å². The molecule has 1 aliphatic heterocycles. The largest absolute Gasteiger partial charge is 0.273 e. The molecule has 2 unspecified atom stereocenters. The minimum absolute atomic E-state index is 0.0672. The third-order valence-electron chi connectivity index (χ3n) is 3.04. The quantitative estimate of drug-likeness (QED) is 0.933. The molecule has 1 aromatic rings. The molecule has 0 fully saturated rings. The molecule has 0 saturated heterocycles. The Morgan fingerprint density at radius 1 is 1.45 bits per heavy atom. The van der Waals surface area contributed by atoms with E-state index in [0.717, 1.165) is 11.3 Å². The molecule has 0 saturated carbocycles. The number of hydrogen-bond acceptors (Lipinski definition) is 3. The first-order chi connectivity index (χ1) is 9.47. The van der Waals surface area contributed by atoms with Crippen molar-refractivity contribution < 1.29 is 9.00 Å². The lowest BCUT2D eigenvalue weighted by atomic mass is 9.99. The fourth-order valence-electron chi connectivity index (χ4n) is 1.86. The average Bonchev–Trinajstić information content (AvgIpc) is 2.38. The number of nitrogens with one attached hydrogen (secondary N) is 1. The number of halogens is 1. The number of amides is 1. The van der Waals surface area contributed by atoms with Gasteiger partial charge in [0.25, 0.3) is 0 Å². The van der Waals surface area contributed by atoms with Gasteiger partial charge in [0.2, 0.25) is 5.91 Å². The predicted octanol–water partition coefficient (Wildman–Crippen LogP) is 2.60. The van der Waals surface area contributed by atoms with Crippen molar-refractivity contribution in [2.45, 2.75) is 18.2 Å². The molecule has 0 radical (unpaired) electrons. The lowest BCUT2D eigenvalue weighted by molar-refractivity contribution is -0.121. The zero-order chi connectivity index (χ0) is 14.7. The van der Waals surface area contributed by atoms with Crippen molar-refractivity contribution in [3.8, 4) is 0 Å². The van der Waals surface area contributed by atoms with Crippen LogP contribution >= 0.6 is 11.6 Å². The van der Waals surface area contributed by atoms with Gasteiger partial charge >= 0.3 is 0 Å². The lowest BCUT2D eigenvalue weighted by Gasteiger charge is -2.16. The minimum Gasteiger partial charge on any atom is -0.273 e. The van der Waals surface area contributed by atoms with E-state index in [1.165, 1.54) is 0 Å². The molecule has 2 atom stereocenters. The molecule has 0 spiro atoms. The van der Waals surface area contributed by atoms with Gasteiger partial charge in [0.05, 0.1) is 5.71 Å². The molecule has 2 rings (SSSR count). The van der Waals surface area contributed by atoms with Crippen LogP contribution in [0.5, 0.6) is 0 Å². The standard InChI is InChI=1S/C14H15ClN2O2S/c1-9-7-14(18)17-16-13(9)6-4-10-3-5-11(20(2)19)8-12(10)15/h3-6,8-9H,7H2,1-2H3,(H,17,18). The van der Waals surface area contributed by atoms with Gasteiger partial charge in [-0.25, -0.2) is 5.43 Å². The van der Waals surface area contributed by atoms with Crippen LogP contribution in [-0.4, -0.2) is 22.1 Å². The summed E-state index contributed by atoms with van der Waals surface area (Å²) in [4.78, 5) is 11.9. The number of hydrazone groups is 1. The van der Waals surface area contributed by atoms with Gasteiger partial charge in [0, 0.05) is 39.3 Å². The van der Waals surface area contributed by atoms with Crippen LogP contribution in [0.25, 0.3) is 6.08 Å². The maximum Gasteiger partial charge on any atom is 0.240 e. The van der Waals surface area contributed by atoms with E-state index in [2.05, 4.69) is 10.5 Å². The van der Waals surface area contributed by atoms with E-state index in [0.29, 0.717) is 16.3 Å². The Kier molecular flexibility index (Phi) is 4.73. The highest BCUT2D eigenvalue weighted by atomic mass is 35.5. The molecule has 1 aliphatic rings. The van der Waals surface area contributed by atoms with E-state index in [4.69, 9.17) is 11.6 Å². The molecule has 1 N–H and O–H groups in total. The first-order valence-electron chi connectivity index (χ1n) is 6.15. The van der Waals surface area contributed by atoms with Crippen LogP contribution in [0.3, 0.4) is 0 Å². The summed E-state index contributed by atoms with van der Waals surface area (Å²) in [5.74, 6) is 0.0173. The Hall–Kier alpha value is -1.46. The second kappa shape index (κ2) is 6.33. The average molecular weight is 311 g/mol. The van der Waals surface area contributed by atoms with Gasteiger partial charge < -0.3 is 0 Å². The van der Waals surface area contributed by atoms with Gasteiger partial charge in [0.15, 0.2) is 0 Å². The summed E-state index contributed by atoms with van der Waals surface area (Å²) < 4.78 is 11.4. The monoisotopic (exact) mass is 310 g/mol. The summed E-state index contributed by atoms with van der Waals surface area (Å²) in [6.45, 7) is 1.95. The van der Waals surface area contributed by atoms with E-state index < -0.39 is 10.8 Å². The van der Waals surface area contributed by atoms with Crippen LogP contribution < -0.4 is 5.43 Å². The van der Waals surface area contributed by atoms with Crippen molar-refractivity contribution >= 4 is 40.1 Å². The van der Waals surface area contributed by atoms with Crippen LogP contribution in [0.2, 0.25) is 5.02 Å². The van der Waals surface area contributed by atoms with Crippen molar-refractivity contribution in [3.63, 3.8) is 0 Å². The summed E-state index contributed by atoms with van der Waals surface area (Å²) >= 11 is 6.16. The summed E-state index contributed by atoms with van der Waals surface area (Å²) in [6.07, 6.45) is 5.73. The van der Waals surface area contributed by atoms with Gasteiger partial charge in [-0.1, -0.05) is 30.7 Å². The normalized spacial score (nSPS) is 20.6. The third-order valence-corrected chi connectivity index (χ3v) is 4.29. The van der Waals surface area contributed by atoms with Gasteiger partial charge in [-0.2, -0.15) is 5.10 Å². The molecule has 1 heterocycles. The van der Waals surface area contributed by atoms with Gasteiger partial charge in [-0.15, -0.1) is 0 Å². The summed E-state index contributed by atoms with van der Waals surface area (Å²) in [5, 5.41) is 4.56. The van der Waals surface area contributed by atoms with E-state index in [9.17, 15) is 9.00 Å². The molecule has 4 nitrogen and oxygen atoms in total. The lowest BCUT2D eigenvalue weighted by Crippen LogP contribution is -2.30. The molecule has 0 bridgehead atoms. The molecular formula is C14H15ClN2O2S. The maximum absolute atomic E-state index is 11.4. The SMILES string of the molecule is CC1CC(=O)NN=C1C=Cc1ccc(S(C)=O)cc1Cl. The molecule has 20 heavy (non-hydrogen) atoms. The second-order valence-corrected chi connectivity index (χ2v) is 6.43. The Morgan fingerprint density at radius 3 is 2.80 bits per heavy atom. The van der Waals surface area contributed by atoms with Gasteiger partial charge in [0.1, 0.15) is 0 Å². The highest BCUT2D eigenvalue weighted by Crippen LogP contribution is 2.21. The smallest absolute Gasteiger partial charge is 0.240 e. The maximum atomic E-state index is 11.4. The summed E-state index contributed by atoms with van der Waals surface area (Å²) in [6, 6.07) is 5.31. The van der Waals surface area contributed by atoms with Gasteiger partial charge in [-0.3, -0.25) is 9.00 Å². The predicted molar refractivity (Wildman–Crippen MR) is 82.2 cm³/mol. The summed E-state index contributed by atoms with van der Waals surface area (Å²) in [5.41, 5.74) is 4.10. The van der Waals surface area contributed by atoms with Gasteiger partial charge in [-0.05, 0) is 23.8 Å². The molecule has 0 aromatic heterocycles. The number of hydrogen-bond donors (Lipinski definition) is 1. The molecule has 6 heteroatoms. The number of allylic oxidation sites excluding steroid dienone is 1. The van der Waals surface area contributed by atoms with E-state index in [1.54, 1.807) is 18.4 Å². The molecule has 1 amide bonds. The van der Waals surface area contributed by atoms with Crippen molar-refractivity contribution in [1.29, 1.82) is 0 Å². The fraction of sp³-hybridized carbons (Fsp3) is 0.286. The summed E-state index contributed by atoms with van der Waals surface area (Å²) in [7, 11) is -1.05. The van der Waals surface area contributed by atoms with Crippen LogP contribution in [0.15, 0.2) is 34.3 Å². The molecule has 0 aliphatic carbocycles. The van der Waals surface area contributed by atoms with E-state index >= 15 is 0 Å². The van der Waals surface area contributed by atoms with Crippen LogP contribution in [0.1, 0.15) is 18.9 Å². The zero-order valence-corrected chi connectivity index (χ0v) is 12.8. The van der Waals surface area contributed by atoms with E-state index in [-0.39, 0.29) is 11.8 Å². The number of benzene rings is 1. The number of rotatable bonds is 3. The topological polar surface area (TPSA) is 58.5 Å². The Bertz CT molecular complexity index is 626. The van der Waals surface area contributed by atoms with Crippen LogP contribution in [0, 0.1) is 5.92 Å². The third kappa shape index (κ3) is 3.55. The first-order valence-corrected chi connectivity index (χ1v) is 8.08. The zero-order valence-electron chi connectivity index (χ0n) is 11.2. The van der Waals surface area contributed by atoms with Crippen LogP contribution in [-0.2, 0) is 15.6 Å².